The fourth-order valence-electron chi connectivity index (χ4n) is 4.64. The van der Waals surface area contributed by atoms with E-state index in [2.05, 4.69) is 26.0 Å². The van der Waals surface area contributed by atoms with Crippen molar-refractivity contribution in [1.29, 1.82) is 0 Å². The van der Waals surface area contributed by atoms with Crippen molar-refractivity contribution in [2.45, 2.75) is 161 Å². The third-order valence-corrected chi connectivity index (χ3v) is 8.15. The minimum atomic E-state index is -4.26. The summed E-state index contributed by atoms with van der Waals surface area (Å²) in [5, 5.41) is 0. The van der Waals surface area contributed by atoms with Crippen LogP contribution < -0.4 is 5.73 Å². The Kier molecular flexibility index (Phi) is 31.1. The van der Waals surface area contributed by atoms with Crippen LogP contribution >= 0.6 is 7.82 Å². The molecule has 250 valence electrons. The Balaban J connectivity index is 4.13. The number of hydrogen-bond acceptors (Lipinski definition) is 7. The first-order valence-electron chi connectivity index (χ1n) is 17.2. The van der Waals surface area contributed by atoms with Gasteiger partial charge in [-0.25, -0.2) is 4.57 Å². The summed E-state index contributed by atoms with van der Waals surface area (Å²) in [6, 6.07) is 0. The Labute approximate surface area is 258 Å². The van der Waals surface area contributed by atoms with E-state index in [4.69, 9.17) is 24.3 Å². The zero-order chi connectivity index (χ0) is 31.0. The maximum absolute atomic E-state index is 12.4. The van der Waals surface area contributed by atoms with Gasteiger partial charge in [-0.3, -0.25) is 13.8 Å². The number of esters is 1. The average molecular weight is 620 g/mol. The lowest BCUT2D eigenvalue weighted by atomic mass is 10.0. The molecule has 0 rings (SSSR count). The number of ether oxygens (including phenoxy) is 2. The Bertz CT molecular complexity index is 662. The van der Waals surface area contributed by atoms with Crippen LogP contribution in [-0.4, -0.2) is 49.9 Å². The summed E-state index contributed by atoms with van der Waals surface area (Å²) in [5.41, 5.74) is 5.33. The number of phosphoric acid groups is 1. The highest BCUT2D eigenvalue weighted by atomic mass is 31.2. The van der Waals surface area contributed by atoms with E-state index in [1.165, 1.54) is 103 Å². The third kappa shape index (κ3) is 30.7. The molecule has 0 heterocycles. The second kappa shape index (κ2) is 31.7. The van der Waals surface area contributed by atoms with Gasteiger partial charge in [-0.1, -0.05) is 129 Å². The van der Waals surface area contributed by atoms with Gasteiger partial charge in [0, 0.05) is 19.6 Å². The molecule has 0 aromatic carbocycles. The van der Waals surface area contributed by atoms with Gasteiger partial charge in [0.05, 0.1) is 19.8 Å². The van der Waals surface area contributed by atoms with Gasteiger partial charge in [0.15, 0.2) is 0 Å². The molecule has 0 spiro atoms. The van der Waals surface area contributed by atoms with Crippen molar-refractivity contribution >= 4 is 13.8 Å². The van der Waals surface area contributed by atoms with E-state index in [-0.39, 0.29) is 32.3 Å². The van der Waals surface area contributed by atoms with Crippen molar-refractivity contribution in [3.8, 4) is 0 Å². The van der Waals surface area contributed by atoms with E-state index < -0.39 is 13.9 Å². The Hall–Kier alpha value is -0.760. The number of carbonyl (C=O) groups excluding carboxylic acids is 1. The molecule has 9 heteroatoms. The Morgan fingerprint density at radius 1 is 0.690 bits per heavy atom. The summed E-state index contributed by atoms with van der Waals surface area (Å²) in [5.74, 6) is -0.334. The van der Waals surface area contributed by atoms with Crippen LogP contribution in [-0.2, 0) is 27.9 Å². The maximum atomic E-state index is 12.4. The normalized spacial score (nSPS) is 13.9. The molecule has 0 radical (unpaired) electrons. The number of rotatable bonds is 33. The van der Waals surface area contributed by atoms with Crippen molar-refractivity contribution in [2.75, 3.05) is 33.0 Å². The molecule has 3 N–H and O–H groups in total. The molecule has 0 aliphatic carbocycles. The van der Waals surface area contributed by atoms with Crippen LogP contribution in [0.25, 0.3) is 0 Å². The molecule has 0 aliphatic rings. The van der Waals surface area contributed by atoms with Crippen LogP contribution in [0.15, 0.2) is 12.2 Å². The number of phosphoric ester groups is 1. The highest BCUT2D eigenvalue weighted by molar-refractivity contribution is 7.47. The standard InChI is InChI=1S/C33H66NO7P/c1-3-5-7-9-11-13-15-16-18-20-22-24-26-33(35)41-32(31-40-42(36,37)39-29-27-34)30-38-28-25-23-21-19-17-14-12-10-8-6-4-2/h8,10,32H,3-7,9,11-31,34H2,1-2H3,(H,36,37)/b10-8-. The monoisotopic (exact) mass is 619 g/mol. The minimum absolute atomic E-state index is 0.0940. The van der Waals surface area contributed by atoms with Gasteiger partial charge in [0.2, 0.25) is 0 Å². The third-order valence-electron chi connectivity index (χ3n) is 7.16. The molecule has 42 heavy (non-hydrogen) atoms. The number of carbonyl (C=O) groups is 1. The van der Waals surface area contributed by atoms with Gasteiger partial charge < -0.3 is 20.1 Å². The first-order chi connectivity index (χ1) is 20.4. The van der Waals surface area contributed by atoms with Crippen LogP contribution in [0.4, 0.5) is 0 Å². The zero-order valence-corrected chi connectivity index (χ0v) is 28.1. The Morgan fingerprint density at radius 2 is 1.24 bits per heavy atom. The molecule has 8 nitrogen and oxygen atoms in total. The highest BCUT2D eigenvalue weighted by Crippen LogP contribution is 2.43. The van der Waals surface area contributed by atoms with Crippen LogP contribution in [0, 0.1) is 0 Å². The predicted molar refractivity (Wildman–Crippen MR) is 174 cm³/mol. The van der Waals surface area contributed by atoms with Gasteiger partial charge in [-0.05, 0) is 32.1 Å². The summed E-state index contributed by atoms with van der Waals surface area (Å²) in [6.07, 6.45) is 29.3. The fourth-order valence-corrected chi connectivity index (χ4v) is 5.41. The SMILES string of the molecule is CCC/C=C\CCCCCCCCOCC(COP(=O)(O)OCCN)OC(=O)CCCCCCCCCCCCCC. The lowest BCUT2D eigenvalue weighted by Gasteiger charge is -2.20. The molecule has 0 saturated heterocycles. The van der Waals surface area contributed by atoms with Crippen LogP contribution in [0.5, 0.6) is 0 Å². The summed E-state index contributed by atoms with van der Waals surface area (Å²) in [6.45, 7) is 4.85. The van der Waals surface area contributed by atoms with Crippen LogP contribution in [0.3, 0.4) is 0 Å². The van der Waals surface area contributed by atoms with Gasteiger partial charge in [-0.2, -0.15) is 0 Å². The van der Waals surface area contributed by atoms with Crippen molar-refractivity contribution in [3.63, 3.8) is 0 Å². The number of unbranched alkanes of at least 4 members (excludes halogenated alkanes) is 18. The summed E-state index contributed by atoms with van der Waals surface area (Å²) in [7, 11) is -4.26. The van der Waals surface area contributed by atoms with Crippen LogP contribution in [0.1, 0.15) is 155 Å². The minimum Gasteiger partial charge on any atom is -0.457 e. The van der Waals surface area contributed by atoms with E-state index in [0.717, 1.165) is 32.1 Å². The van der Waals surface area contributed by atoms with Crippen molar-refractivity contribution in [2.24, 2.45) is 5.73 Å². The quantitative estimate of drug-likeness (QED) is 0.0323. The molecule has 0 saturated carbocycles. The van der Waals surface area contributed by atoms with E-state index in [0.29, 0.717) is 13.0 Å². The zero-order valence-electron chi connectivity index (χ0n) is 27.2. The number of allylic oxidation sites excluding steroid dienone is 2. The molecule has 0 aliphatic heterocycles. The van der Waals surface area contributed by atoms with Crippen molar-refractivity contribution in [1.82, 2.24) is 0 Å². The lowest BCUT2D eigenvalue weighted by Crippen LogP contribution is -2.28. The lowest BCUT2D eigenvalue weighted by molar-refractivity contribution is -0.154. The van der Waals surface area contributed by atoms with Crippen LogP contribution in [0.2, 0.25) is 0 Å². The second-order valence-electron chi connectivity index (χ2n) is 11.4. The average Bonchev–Trinajstić information content (AvgIpc) is 2.97. The Morgan fingerprint density at radius 3 is 1.83 bits per heavy atom. The first-order valence-corrected chi connectivity index (χ1v) is 18.7. The predicted octanol–water partition coefficient (Wildman–Crippen LogP) is 9.19. The molecule has 2 unspecified atom stereocenters. The topological polar surface area (TPSA) is 117 Å². The second-order valence-corrected chi connectivity index (χ2v) is 12.8. The van der Waals surface area contributed by atoms with Gasteiger partial charge in [0.1, 0.15) is 6.10 Å². The molecule has 0 fully saturated rings. The summed E-state index contributed by atoms with van der Waals surface area (Å²) >= 11 is 0. The van der Waals surface area contributed by atoms with Crippen molar-refractivity contribution < 1.29 is 32.8 Å². The fraction of sp³-hybridized carbons (Fsp3) is 0.909. The maximum Gasteiger partial charge on any atom is 0.472 e. The van der Waals surface area contributed by atoms with Crippen molar-refractivity contribution in [3.05, 3.63) is 12.2 Å². The molecule has 0 amide bonds. The molecular weight excluding hydrogens is 553 g/mol. The van der Waals surface area contributed by atoms with Gasteiger partial charge in [0.25, 0.3) is 0 Å². The van der Waals surface area contributed by atoms with Gasteiger partial charge >= 0.3 is 13.8 Å². The smallest absolute Gasteiger partial charge is 0.457 e. The molecule has 0 aromatic rings. The van der Waals surface area contributed by atoms with Gasteiger partial charge in [-0.15, -0.1) is 0 Å². The van der Waals surface area contributed by atoms with E-state index in [9.17, 15) is 14.3 Å². The van der Waals surface area contributed by atoms with E-state index in [1.807, 2.05) is 0 Å². The summed E-state index contributed by atoms with van der Waals surface area (Å²) < 4.78 is 33.1. The largest absolute Gasteiger partial charge is 0.472 e. The molecular formula is C33H66NO7P. The highest BCUT2D eigenvalue weighted by Gasteiger charge is 2.25. The molecule has 2 atom stereocenters. The first kappa shape index (κ1) is 41.2. The summed E-state index contributed by atoms with van der Waals surface area (Å²) in [4.78, 5) is 22.3. The number of hydrogen-bond donors (Lipinski definition) is 2. The number of nitrogens with two attached hydrogens (primary N) is 1. The molecule has 0 aromatic heterocycles. The van der Waals surface area contributed by atoms with E-state index in [1.54, 1.807) is 0 Å². The van der Waals surface area contributed by atoms with E-state index >= 15 is 0 Å². The molecule has 0 bridgehead atoms.